The number of carboxylic acids is 1. The maximum absolute atomic E-state index is 12.6. The number of alkyl carbamates (subject to hydrolysis) is 1. The van der Waals surface area contributed by atoms with Gasteiger partial charge in [-0.1, -0.05) is 55.0 Å². The van der Waals surface area contributed by atoms with Crippen molar-refractivity contribution in [1.29, 1.82) is 0 Å². The van der Waals surface area contributed by atoms with Crippen LogP contribution in [0.4, 0.5) is 4.79 Å². The maximum Gasteiger partial charge on any atom is 0.407 e. The van der Waals surface area contributed by atoms with E-state index in [1.54, 1.807) is 0 Å². The average molecular weight is 463 g/mol. The first-order valence-corrected chi connectivity index (χ1v) is 12.1. The Balaban J connectivity index is 1.11. The molecule has 0 heterocycles. The number of rotatable bonds is 7. The summed E-state index contributed by atoms with van der Waals surface area (Å²) in [7, 11) is 0. The van der Waals surface area contributed by atoms with Crippen LogP contribution in [0.25, 0.3) is 11.1 Å². The van der Waals surface area contributed by atoms with E-state index in [4.69, 9.17) is 4.74 Å². The van der Waals surface area contributed by atoms with Gasteiger partial charge in [-0.25, -0.2) is 4.79 Å². The molecule has 0 spiro atoms. The molecule has 5 rings (SSSR count). The highest BCUT2D eigenvalue weighted by molar-refractivity contribution is 5.82. The van der Waals surface area contributed by atoms with Gasteiger partial charge >= 0.3 is 12.1 Å². The molecule has 2 aromatic carbocycles. The smallest absolute Gasteiger partial charge is 0.407 e. The van der Waals surface area contributed by atoms with Gasteiger partial charge in [0.15, 0.2) is 0 Å². The van der Waals surface area contributed by atoms with Gasteiger partial charge in [0.05, 0.1) is 5.41 Å². The van der Waals surface area contributed by atoms with Crippen molar-refractivity contribution in [3.63, 3.8) is 0 Å². The number of aliphatic carboxylic acids is 1. The normalized spacial score (nSPS) is 22.2. The largest absolute Gasteiger partial charge is 0.481 e. The van der Waals surface area contributed by atoms with Gasteiger partial charge in [0.25, 0.3) is 0 Å². The Labute approximate surface area is 198 Å². The minimum atomic E-state index is -0.833. The third-order valence-corrected chi connectivity index (χ3v) is 7.83. The lowest BCUT2D eigenvalue weighted by Gasteiger charge is -2.37. The van der Waals surface area contributed by atoms with Crippen LogP contribution >= 0.6 is 0 Å². The van der Waals surface area contributed by atoms with Crippen molar-refractivity contribution in [2.75, 3.05) is 13.2 Å². The molecule has 0 bridgehead atoms. The van der Waals surface area contributed by atoms with Crippen molar-refractivity contribution < 1.29 is 24.2 Å². The van der Waals surface area contributed by atoms with Gasteiger partial charge in [0.1, 0.15) is 6.61 Å². The summed E-state index contributed by atoms with van der Waals surface area (Å²) in [4.78, 5) is 36.6. The van der Waals surface area contributed by atoms with Crippen LogP contribution < -0.4 is 10.6 Å². The fraction of sp³-hybridized carbons (Fsp3) is 0.444. The second-order valence-electron chi connectivity index (χ2n) is 9.83. The molecule has 3 aliphatic carbocycles. The molecule has 2 unspecified atom stereocenters. The van der Waals surface area contributed by atoms with Crippen molar-refractivity contribution in [3.05, 3.63) is 59.7 Å². The fourth-order valence-corrected chi connectivity index (χ4v) is 5.63. The molecule has 3 aliphatic rings. The number of hydrogen-bond donors (Lipinski definition) is 3. The number of amides is 2. The molecule has 3 N–H and O–H groups in total. The summed E-state index contributed by atoms with van der Waals surface area (Å²) < 4.78 is 5.62. The van der Waals surface area contributed by atoms with Crippen LogP contribution in [0.2, 0.25) is 0 Å². The predicted octanol–water partition coefficient (Wildman–Crippen LogP) is 4.06. The summed E-state index contributed by atoms with van der Waals surface area (Å²) in [5.41, 5.74) is 3.90. The summed E-state index contributed by atoms with van der Waals surface area (Å²) in [5.74, 6) is -1.16. The number of carbonyl (C=O) groups excluding carboxylic acids is 2. The Kier molecular flexibility index (Phi) is 6.02. The van der Waals surface area contributed by atoms with E-state index in [0.717, 1.165) is 6.42 Å². The molecule has 2 saturated carbocycles. The van der Waals surface area contributed by atoms with E-state index in [1.165, 1.54) is 22.3 Å². The summed E-state index contributed by atoms with van der Waals surface area (Å²) in [6.07, 6.45) is 3.55. The van der Waals surface area contributed by atoms with E-state index in [9.17, 15) is 19.5 Å². The molecule has 0 saturated heterocycles. The van der Waals surface area contributed by atoms with Crippen molar-refractivity contribution in [3.8, 4) is 11.1 Å². The highest BCUT2D eigenvalue weighted by Gasteiger charge is 2.45. The van der Waals surface area contributed by atoms with E-state index >= 15 is 0 Å². The molecule has 7 heteroatoms. The van der Waals surface area contributed by atoms with Crippen LogP contribution in [0.15, 0.2) is 48.5 Å². The zero-order chi connectivity index (χ0) is 23.7. The van der Waals surface area contributed by atoms with Crippen LogP contribution in [0.1, 0.15) is 55.6 Å². The third kappa shape index (κ3) is 4.15. The Morgan fingerprint density at radius 1 is 0.971 bits per heavy atom. The molecule has 0 radical (unpaired) electrons. The first kappa shape index (κ1) is 22.4. The van der Waals surface area contributed by atoms with E-state index < -0.39 is 17.5 Å². The first-order valence-electron chi connectivity index (χ1n) is 12.1. The number of benzene rings is 2. The number of carboxylic acid groups (broad SMARTS) is 1. The fourth-order valence-electron chi connectivity index (χ4n) is 5.63. The predicted molar refractivity (Wildman–Crippen MR) is 126 cm³/mol. The number of ether oxygens (including phenoxy) is 1. The van der Waals surface area contributed by atoms with E-state index in [1.807, 2.05) is 24.3 Å². The minimum absolute atomic E-state index is 0.00770. The van der Waals surface area contributed by atoms with Crippen molar-refractivity contribution >= 4 is 18.0 Å². The van der Waals surface area contributed by atoms with Gasteiger partial charge in [0.2, 0.25) is 5.91 Å². The molecule has 0 aromatic heterocycles. The molecular formula is C27H30N2O5. The standard InChI is InChI=1S/C27H30N2O5/c30-24(28-16-27(25(31)32)12-5-13-27)17-10-11-18(14-17)29-26(33)34-15-23-21-8-3-1-6-19(21)20-7-2-4-9-22(20)23/h1-4,6-9,17-18,23H,5,10-16H2,(H,28,30)(H,29,33)(H,31,32). The lowest BCUT2D eigenvalue weighted by molar-refractivity contribution is -0.154. The molecular weight excluding hydrogens is 432 g/mol. The molecule has 2 amide bonds. The average Bonchev–Trinajstić information content (AvgIpc) is 3.39. The van der Waals surface area contributed by atoms with Gasteiger partial charge in [-0.15, -0.1) is 0 Å². The third-order valence-electron chi connectivity index (χ3n) is 7.83. The molecule has 0 aliphatic heterocycles. The van der Waals surface area contributed by atoms with Gasteiger partial charge in [-0.05, 0) is 54.4 Å². The molecule has 178 valence electrons. The Morgan fingerprint density at radius 2 is 1.62 bits per heavy atom. The second kappa shape index (κ2) is 9.12. The maximum atomic E-state index is 12.6. The van der Waals surface area contributed by atoms with Gasteiger partial charge in [-0.3, -0.25) is 9.59 Å². The lowest BCUT2D eigenvalue weighted by atomic mass is 9.68. The summed E-state index contributed by atoms with van der Waals surface area (Å²) in [5, 5.41) is 15.2. The van der Waals surface area contributed by atoms with Crippen molar-refractivity contribution in [2.24, 2.45) is 11.3 Å². The van der Waals surface area contributed by atoms with E-state index in [2.05, 4.69) is 34.9 Å². The highest BCUT2D eigenvalue weighted by Crippen LogP contribution is 2.44. The topological polar surface area (TPSA) is 105 Å². The second-order valence-corrected chi connectivity index (χ2v) is 9.83. The van der Waals surface area contributed by atoms with Crippen LogP contribution in [0.5, 0.6) is 0 Å². The monoisotopic (exact) mass is 462 g/mol. The molecule has 34 heavy (non-hydrogen) atoms. The molecule has 2 atom stereocenters. The van der Waals surface area contributed by atoms with Crippen LogP contribution in [-0.4, -0.2) is 42.3 Å². The van der Waals surface area contributed by atoms with Crippen LogP contribution in [0, 0.1) is 11.3 Å². The summed E-state index contributed by atoms with van der Waals surface area (Å²) >= 11 is 0. The van der Waals surface area contributed by atoms with Crippen molar-refractivity contribution in [2.45, 2.75) is 50.5 Å². The zero-order valence-electron chi connectivity index (χ0n) is 19.1. The Hall–Kier alpha value is -3.35. The lowest BCUT2D eigenvalue weighted by Crippen LogP contribution is -2.48. The molecule has 2 fully saturated rings. The quantitative estimate of drug-likeness (QED) is 0.576. The number of fused-ring (bicyclic) bond motifs is 3. The Morgan fingerprint density at radius 3 is 2.21 bits per heavy atom. The zero-order valence-corrected chi connectivity index (χ0v) is 19.1. The summed E-state index contributed by atoms with van der Waals surface area (Å²) in [6, 6.07) is 16.3. The van der Waals surface area contributed by atoms with Crippen LogP contribution in [0.3, 0.4) is 0 Å². The Bertz CT molecular complexity index is 1060. The van der Waals surface area contributed by atoms with Gasteiger partial charge in [0, 0.05) is 24.4 Å². The number of carbonyl (C=O) groups is 3. The van der Waals surface area contributed by atoms with E-state index in [-0.39, 0.29) is 36.9 Å². The van der Waals surface area contributed by atoms with Crippen LogP contribution in [-0.2, 0) is 14.3 Å². The SMILES string of the molecule is O=C(NC1CCC(C(=O)NCC2(C(=O)O)CCC2)C1)OCC1c2ccccc2-c2ccccc21. The van der Waals surface area contributed by atoms with Gasteiger partial charge < -0.3 is 20.5 Å². The minimum Gasteiger partial charge on any atom is -0.481 e. The van der Waals surface area contributed by atoms with Gasteiger partial charge in [-0.2, -0.15) is 0 Å². The number of nitrogens with one attached hydrogen (secondary N) is 2. The highest BCUT2D eigenvalue weighted by atomic mass is 16.5. The summed E-state index contributed by atoms with van der Waals surface area (Å²) in [6.45, 7) is 0.440. The van der Waals surface area contributed by atoms with Crippen molar-refractivity contribution in [1.82, 2.24) is 10.6 Å². The molecule has 2 aromatic rings. The van der Waals surface area contributed by atoms with E-state index in [0.29, 0.717) is 32.1 Å². The first-order chi connectivity index (χ1) is 16.5. The molecule has 7 nitrogen and oxygen atoms in total. The number of hydrogen-bond acceptors (Lipinski definition) is 4.